The Bertz CT molecular complexity index is 623. The first kappa shape index (κ1) is 13.9. The van der Waals surface area contributed by atoms with Crippen molar-refractivity contribution < 1.29 is 9.32 Å². The Hall–Kier alpha value is -2.01. The number of aldehydes is 1. The predicted octanol–water partition coefficient (Wildman–Crippen LogP) is 2.60. The van der Waals surface area contributed by atoms with Gasteiger partial charge in [0.25, 0.3) is 5.89 Å². The van der Waals surface area contributed by atoms with E-state index in [9.17, 15) is 4.79 Å². The largest absolute Gasteiger partial charge is 0.334 e. The molecule has 1 fully saturated rings. The van der Waals surface area contributed by atoms with Crippen molar-refractivity contribution in [3.8, 4) is 11.5 Å². The fourth-order valence-electron chi connectivity index (χ4n) is 2.76. The third-order valence-electron chi connectivity index (χ3n) is 3.90. The van der Waals surface area contributed by atoms with Crippen LogP contribution in [-0.2, 0) is 11.3 Å². The Morgan fingerprint density at radius 1 is 1.43 bits per heavy atom. The predicted molar refractivity (Wildman–Crippen MR) is 78.6 cm³/mol. The van der Waals surface area contributed by atoms with E-state index in [1.807, 2.05) is 31.2 Å². The first-order chi connectivity index (χ1) is 10.3. The average molecular weight is 285 g/mol. The first-order valence-corrected chi connectivity index (χ1v) is 7.35. The van der Waals surface area contributed by atoms with E-state index in [-0.39, 0.29) is 6.04 Å². The van der Waals surface area contributed by atoms with Gasteiger partial charge in [-0.25, -0.2) is 0 Å². The van der Waals surface area contributed by atoms with E-state index in [4.69, 9.17) is 4.52 Å². The molecule has 0 amide bonds. The lowest BCUT2D eigenvalue weighted by Crippen LogP contribution is -2.40. The van der Waals surface area contributed by atoms with Crippen molar-refractivity contribution in [3.63, 3.8) is 0 Å². The van der Waals surface area contributed by atoms with Crippen LogP contribution in [-0.4, -0.2) is 33.9 Å². The zero-order valence-corrected chi connectivity index (χ0v) is 12.2. The van der Waals surface area contributed by atoms with E-state index >= 15 is 0 Å². The lowest BCUT2D eigenvalue weighted by Gasteiger charge is -2.30. The van der Waals surface area contributed by atoms with Crippen molar-refractivity contribution >= 4 is 6.29 Å². The summed E-state index contributed by atoms with van der Waals surface area (Å²) in [5, 5.41) is 4.04. The molecule has 2 aromatic rings. The second-order valence-corrected chi connectivity index (χ2v) is 5.55. The molecule has 1 aliphatic heterocycles. The maximum absolute atomic E-state index is 11.1. The number of carbonyl (C=O) groups is 1. The van der Waals surface area contributed by atoms with Gasteiger partial charge in [0.1, 0.15) is 6.29 Å². The molecule has 110 valence electrons. The van der Waals surface area contributed by atoms with Gasteiger partial charge in [-0.3, -0.25) is 4.90 Å². The van der Waals surface area contributed by atoms with Crippen LogP contribution in [0.5, 0.6) is 0 Å². The van der Waals surface area contributed by atoms with Gasteiger partial charge in [-0.05, 0) is 38.4 Å². The molecule has 0 spiro atoms. The minimum atomic E-state index is -0.0142. The normalized spacial score (nSPS) is 19.6. The van der Waals surface area contributed by atoms with Gasteiger partial charge in [-0.2, -0.15) is 4.98 Å². The van der Waals surface area contributed by atoms with Gasteiger partial charge in [0.2, 0.25) is 0 Å². The molecule has 1 aromatic heterocycles. The number of nitrogens with zero attached hydrogens (tertiary/aromatic N) is 3. The van der Waals surface area contributed by atoms with Crippen LogP contribution in [0, 0.1) is 6.92 Å². The highest BCUT2D eigenvalue weighted by Gasteiger charge is 2.23. The van der Waals surface area contributed by atoms with Gasteiger partial charge in [0.15, 0.2) is 5.82 Å². The van der Waals surface area contributed by atoms with Crippen LogP contribution < -0.4 is 0 Å². The zero-order valence-electron chi connectivity index (χ0n) is 12.2. The lowest BCUT2D eigenvalue weighted by molar-refractivity contribution is -0.113. The Kier molecular flexibility index (Phi) is 4.10. The minimum Gasteiger partial charge on any atom is -0.334 e. The van der Waals surface area contributed by atoms with E-state index < -0.39 is 0 Å². The van der Waals surface area contributed by atoms with Gasteiger partial charge in [0.05, 0.1) is 12.6 Å². The van der Waals surface area contributed by atoms with Crippen molar-refractivity contribution in [2.45, 2.75) is 38.8 Å². The Balaban J connectivity index is 1.74. The van der Waals surface area contributed by atoms with Crippen LogP contribution in [0.15, 0.2) is 28.8 Å². The van der Waals surface area contributed by atoms with Crippen LogP contribution in [0.4, 0.5) is 0 Å². The molecule has 0 radical (unpaired) electrons. The van der Waals surface area contributed by atoms with Crippen molar-refractivity contribution in [1.82, 2.24) is 15.0 Å². The van der Waals surface area contributed by atoms with Gasteiger partial charge < -0.3 is 9.32 Å². The SMILES string of the molecule is Cc1cccc(-c2nc(CN3CCCCC3C=O)no2)c1. The molecule has 0 saturated carbocycles. The summed E-state index contributed by atoms with van der Waals surface area (Å²) in [7, 11) is 0. The van der Waals surface area contributed by atoms with Gasteiger partial charge in [0, 0.05) is 5.56 Å². The molecule has 1 atom stereocenters. The number of hydrogen-bond acceptors (Lipinski definition) is 5. The van der Waals surface area contributed by atoms with Crippen LogP contribution in [0.2, 0.25) is 0 Å². The van der Waals surface area contributed by atoms with Crippen LogP contribution >= 0.6 is 0 Å². The third kappa shape index (κ3) is 3.19. The number of likely N-dealkylation sites (tertiary alicyclic amines) is 1. The third-order valence-corrected chi connectivity index (χ3v) is 3.90. The summed E-state index contributed by atoms with van der Waals surface area (Å²) in [5.41, 5.74) is 2.09. The molecule has 0 aliphatic carbocycles. The minimum absolute atomic E-state index is 0.0142. The number of hydrogen-bond donors (Lipinski definition) is 0. The number of rotatable bonds is 4. The first-order valence-electron chi connectivity index (χ1n) is 7.35. The second-order valence-electron chi connectivity index (χ2n) is 5.55. The average Bonchev–Trinajstić information content (AvgIpc) is 2.96. The quantitative estimate of drug-likeness (QED) is 0.808. The number of carbonyl (C=O) groups excluding carboxylic acids is 1. The monoisotopic (exact) mass is 285 g/mol. The van der Waals surface area contributed by atoms with E-state index in [0.29, 0.717) is 18.3 Å². The molecular weight excluding hydrogens is 266 g/mol. The number of aryl methyl sites for hydroxylation is 1. The molecule has 5 nitrogen and oxygen atoms in total. The maximum Gasteiger partial charge on any atom is 0.257 e. The Morgan fingerprint density at radius 2 is 2.33 bits per heavy atom. The molecule has 5 heteroatoms. The van der Waals surface area contributed by atoms with E-state index in [0.717, 1.165) is 43.2 Å². The molecule has 0 N–H and O–H groups in total. The summed E-state index contributed by atoms with van der Waals surface area (Å²) in [5.74, 6) is 1.17. The second kappa shape index (κ2) is 6.18. The highest BCUT2D eigenvalue weighted by molar-refractivity contribution is 5.57. The zero-order chi connectivity index (χ0) is 14.7. The standard InChI is InChI=1S/C16H19N3O2/c1-12-5-4-6-13(9-12)16-17-15(18-21-16)10-19-8-3-2-7-14(19)11-20/h4-6,9,11,14H,2-3,7-8,10H2,1H3. The molecule has 21 heavy (non-hydrogen) atoms. The van der Waals surface area contributed by atoms with Crippen molar-refractivity contribution in [3.05, 3.63) is 35.7 Å². The number of aromatic nitrogens is 2. The fraction of sp³-hybridized carbons (Fsp3) is 0.438. The van der Waals surface area contributed by atoms with Crippen LogP contribution in [0.1, 0.15) is 30.7 Å². The lowest BCUT2D eigenvalue weighted by atomic mass is 10.0. The van der Waals surface area contributed by atoms with Crippen LogP contribution in [0.25, 0.3) is 11.5 Å². The highest BCUT2D eigenvalue weighted by atomic mass is 16.5. The molecule has 1 saturated heterocycles. The molecule has 1 aliphatic rings. The smallest absolute Gasteiger partial charge is 0.257 e. The summed E-state index contributed by atoms with van der Waals surface area (Å²) >= 11 is 0. The van der Waals surface area contributed by atoms with Crippen molar-refractivity contribution in [1.29, 1.82) is 0 Å². The van der Waals surface area contributed by atoms with Crippen molar-refractivity contribution in [2.75, 3.05) is 6.54 Å². The highest BCUT2D eigenvalue weighted by Crippen LogP contribution is 2.21. The van der Waals surface area contributed by atoms with Crippen LogP contribution in [0.3, 0.4) is 0 Å². The summed E-state index contributed by atoms with van der Waals surface area (Å²) in [6.45, 7) is 3.51. The molecule has 2 heterocycles. The molecule has 1 unspecified atom stereocenters. The topological polar surface area (TPSA) is 59.2 Å². The summed E-state index contributed by atoms with van der Waals surface area (Å²) in [6.07, 6.45) is 4.18. The summed E-state index contributed by atoms with van der Waals surface area (Å²) in [4.78, 5) is 17.7. The van der Waals surface area contributed by atoms with Gasteiger partial charge >= 0.3 is 0 Å². The fourth-order valence-corrected chi connectivity index (χ4v) is 2.76. The molecule has 1 aromatic carbocycles. The maximum atomic E-state index is 11.1. The van der Waals surface area contributed by atoms with Gasteiger partial charge in [-0.15, -0.1) is 0 Å². The molecule has 3 rings (SSSR count). The number of benzene rings is 1. The summed E-state index contributed by atoms with van der Waals surface area (Å²) in [6, 6.07) is 7.97. The Labute approximate surface area is 124 Å². The Morgan fingerprint density at radius 3 is 3.14 bits per heavy atom. The molecule has 0 bridgehead atoms. The molecular formula is C16H19N3O2. The van der Waals surface area contributed by atoms with E-state index in [2.05, 4.69) is 15.0 Å². The van der Waals surface area contributed by atoms with Gasteiger partial charge in [-0.1, -0.05) is 29.3 Å². The number of piperidine rings is 1. The van der Waals surface area contributed by atoms with E-state index in [1.54, 1.807) is 0 Å². The van der Waals surface area contributed by atoms with Crippen molar-refractivity contribution in [2.24, 2.45) is 0 Å². The summed E-state index contributed by atoms with van der Waals surface area (Å²) < 4.78 is 5.34. The van der Waals surface area contributed by atoms with E-state index in [1.165, 1.54) is 0 Å².